The number of amides is 1. The highest BCUT2D eigenvalue weighted by atomic mass is 32.1. The van der Waals surface area contributed by atoms with Crippen LogP contribution in [0.5, 0.6) is 0 Å². The molecule has 1 aromatic rings. The molecule has 2 saturated heterocycles. The van der Waals surface area contributed by atoms with Crippen LogP contribution in [-0.4, -0.2) is 43.5 Å². The number of halogens is 1. The number of isothiocyanates is 1. The van der Waals surface area contributed by atoms with Crippen molar-refractivity contribution < 1.29 is 13.9 Å². The van der Waals surface area contributed by atoms with Gasteiger partial charge in [-0.1, -0.05) is 0 Å². The van der Waals surface area contributed by atoms with E-state index in [1.54, 1.807) is 12.1 Å². The molecular weight excluding hydrogens is 293 g/mol. The maximum Gasteiger partial charge on any atom is 0.414 e. The Morgan fingerprint density at radius 2 is 2.29 bits per heavy atom. The molecule has 21 heavy (non-hydrogen) atoms. The zero-order valence-corrected chi connectivity index (χ0v) is 12.1. The molecule has 0 N–H and O–H groups in total. The number of hydrogen-bond acceptors (Lipinski definition) is 5. The number of cyclic esters (lactones) is 1. The van der Waals surface area contributed by atoms with E-state index in [1.807, 2.05) is 4.90 Å². The minimum atomic E-state index is -0.490. The van der Waals surface area contributed by atoms with Crippen molar-refractivity contribution in [1.29, 1.82) is 0 Å². The highest BCUT2D eigenvalue weighted by Crippen LogP contribution is 2.29. The fourth-order valence-corrected chi connectivity index (χ4v) is 2.52. The highest BCUT2D eigenvalue weighted by Gasteiger charge is 2.32. The monoisotopic (exact) mass is 307 g/mol. The smallest absolute Gasteiger partial charge is 0.414 e. The van der Waals surface area contributed by atoms with Gasteiger partial charge in [0, 0.05) is 13.1 Å². The van der Waals surface area contributed by atoms with E-state index >= 15 is 0 Å². The van der Waals surface area contributed by atoms with Gasteiger partial charge in [-0.2, -0.15) is 0 Å². The van der Waals surface area contributed by atoms with Gasteiger partial charge in [-0.3, -0.25) is 4.90 Å². The molecule has 0 aromatic heterocycles. The van der Waals surface area contributed by atoms with E-state index in [-0.39, 0.29) is 18.5 Å². The number of benzene rings is 1. The van der Waals surface area contributed by atoms with E-state index in [1.165, 1.54) is 11.0 Å². The molecule has 0 unspecified atom stereocenters. The van der Waals surface area contributed by atoms with Gasteiger partial charge in [0.15, 0.2) is 0 Å². The van der Waals surface area contributed by atoms with E-state index in [0.717, 1.165) is 19.5 Å². The Morgan fingerprint density at radius 3 is 2.90 bits per heavy atom. The zero-order valence-electron chi connectivity index (χ0n) is 11.3. The number of carbonyl (C=O) groups is 1. The molecule has 0 radical (unpaired) electrons. The summed E-state index contributed by atoms with van der Waals surface area (Å²) in [7, 11) is 0. The molecule has 1 amide bonds. The summed E-state index contributed by atoms with van der Waals surface area (Å²) in [5, 5.41) is 2.24. The number of thiocarbonyl (C=S) groups is 1. The lowest BCUT2D eigenvalue weighted by Crippen LogP contribution is -2.37. The first-order chi connectivity index (χ1) is 10.2. The summed E-state index contributed by atoms with van der Waals surface area (Å²) in [5.41, 5.74) is 1.08. The minimum absolute atomic E-state index is 0.278. The molecule has 0 saturated carbocycles. The minimum Gasteiger partial charge on any atom is -0.442 e. The Balaban J connectivity index is 1.76. The van der Waals surface area contributed by atoms with Crippen LogP contribution < -0.4 is 9.80 Å². The van der Waals surface area contributed by atoms with Gasteiger partial charge in [-0.05, 0) is 36.8 Å². The molecule has 2 aliphatic heterocycles. The van der Waals surface area contributed by atoms with Gasteiger partial charge in [0.1, 0.15) is 11.9 Å². The molecule has 1 atom stereocenters. The van der Waals surface area contributed by atoms with Crippen molar-refractivity contribution in [2.24, 2.45) is 4.99 Å². The Bertz CT molecular complexity index is 614. The van der Waals surface area contributed by atoms with Crippen LogP contribution in [0.3, 0.4) is 0 Å². The van der Waals surface area contributed by atoms with Gasteiger partial charge in [0.05, 0.1) is 29.6 Å². The van der Waals surface area contributed by atoms with Gasteiger partial charge in [-0.15, -0.1) is 0 Å². The molecule has 7 heteroatoms. The first-order valence-electron chi connectivity index (χ1n) is 6.75. The van der Waals surface area contributed by atoms with Crippen molar-refractivity contribution in [1.82, 2.24) is 0 Å². The predicted molar refractivity (Wildman–Crippen MR) is 80.7 cm³/mol. The average molecular weight is 307 g/mol. The lowest BCUT2D eigenvalue weighted by Gasteiger charge is -2.33. The Kier molecular flexibility index (Phi) is 3.86. The van der Waals surface area contributed by atoms with E-state index in [4.69, 9.17) is 4.74 Å². The Hall–Kier alpha value is -1.98. The third kappa shape index (κ3) is 2.75. The quantitative estimate of drug-likeness (QED) is 0.633. The third-order valence-corrected chi connectivity index (χ3v) is 3.80. The summed E-state index contributed by atoms with van der Waals surface area (Å²) in [6.07, 6.45) is 0.226. The van der Waals surface area contributed by atoms with Crippen LogP contribution >= 0.6 is 12.2 Å². The van der Waals surface area contributed by atoms with Crippen LogP contribution in [0.15, 0.2) is 23.2 Å². The second-order valence-electron chi connectivity index (χ2n) is 5.02. The lowest BCUT2D eigenvalue weighted by atomic mass is 10.1. The van der Waals surface area contributed by atoms with E-state index in [9.17, 15) is 9.18 Å². The van der Waals surface area contributed by atoms with Gasteiger partial charge < -0.3 is 9.64 Å². The average Bonchev–Trinajstić information content (AvgIpc) is 2.78. The first kappa shape index (κ1) is 14.0. The van der Waals surface area contributed by atoms with Crippen molar-refractivity contribution in [3.05, 3.63) is 24.0 Å². The number of ether oxygens (including phenoxy) is 1. The largest absolute Gasteiger partial charge is 0.442 e. The maximum atomic E-state index is 14.1. The van der Waals surface area contributed by atoms with Crippen LogP contribution in [0, 0.1) is 5.82 Å². The summed E-state index contributed by atoms with van der Waals surface area (Å²) < 4.78 is 19.3. The van der Waals surface area contributed by atoms with Crippen molar-refractivity contribution >= 4 is 34.8 Å². The Labute approximate surface area is 127 Å². The molecule has 3 rings (SSSR count). The van der Waals surface area contributed by atoms with Crippen LogP contribution in [0.2, 0.25) is 0 Å². The molecule has 0 spiro atoms. The number of carbonyl (C=O) groups excluding carboxylic acids is 1. The lowest BCUT2D eigenvalue weighted by molar-refractivity contribution is 0.145. The highest BCUT2D eigenvalue weighted by molar-refractivity contribution is 7.78. The number of hydrogen-bond donors (Lipinski definition) is 0. The van der Waals surface area contributed by atoms with Crippen LogP contribution in [-0.2, 0) is 4.74 Å². The standard InChI is InChI=1S/C14H14FN3O2S/c15-12-6-10(2-3-13(12)17-4-1-5-17)18-8-11(7-16-9-21)20-14(18)19/h2-3,6,11H,1,4-5,7-8H2/t11-/m0/s1. The van der Waals surface area contributed by atoms with Gasteiger partial charge in [-0.25, -0.2) is 14.2 Å². The predicted octanol–water partition coefficient (Wildman–Crippen LogP) is 2.46. The SMILES string of the molecule is O=C1O[C@@H](CN=C=S)CN1c1ccc(N2CCC2)c(F)c1. The molecule has 5 nitrogen and oxygen atoms in total. The van der Waals surface area contributed by atoms with E-state index in [2.05, 4.69) is 22.4 Å². The molecule has 1 aromatic carbocycles. The molecule has 2 fully saturated rings. The number of anilines is 2. The van der Waals surface area contributed by atoms with Gasteiger partial charge in [0.25, 0.3) is 0 Å². The summed E-state index contributed by atoms with van der Waals surface area (Å²) >= 11 is 4.49. The first-order valence-corrected chi connectivity index (χ1v) is 7.16. The van der Waals surface area contributed by atoms with Crippen LogP contribution in [0.25, 0.3) is 0 Å². The van der Waals surface area contributed by atoms with Gasteiger partial charge >= 0.3 is 6.09 Å². The topological polar surface area (TPSA) is 45.1 Å². The van der Waals surface area contributed by atoms with Crippen molar-refractivity contribution in [2.75, 3.05) is 36.0 Å². The summed E-state index contributed by atoms with van der Waals surface area (Å²) in [4.78, 5) is 19.0. The third-order valence-electron chi connectivity index (χ3n) is 3.67. The maximum absolute atomic E-state index is 14.1. The number of rotatable bonds is 4. The number of aliphatic imine (C=N–C) groups is 1. The Morgan fingerprint density at radius 1 is 1.48 bits per heavy atom. The fourth-order valence-electron chi connectivity index (χ4n) is 2.44. The van der Waals surface area contributed by atoms with Crippen molar-refractivity contribution in [3.63, 3.8) is 0 Å². The molecule has 0 aliphatic carbocycles. The van der Waals surface area contributed by atoms with Crippen LogP contribution in [0.1, 0.15) is 6.42 Å². The van der Waals surface area contributed by atoms with Gasteiger partial charge in [0.2, 0.25) is 0 Å². The van der Waals surface area contributed by atoms with Crippen molar-refractivity contribution in [2.45, 2.75) is 12.5 Å². The molecule has 110 valence electrons. The summed E-state index contributed by atoms with van der Waals surface area (Å²) in [5.74, 6) is -0.319. The molecule has 2 heterocycles. The molecule has 2 aliphatic rings. The fraction of sp³-hybridized carbons (Fsp3) is 0.429. The molecular formula is C14H14FN3O2S. The normalized spacial score (nSPS) is 20.8. The zero-order chi connectivity index (χ0) is 14.8. The van der Waals surface area contributed by atoms with E-state index < -0.39 is 6.09 Å². The summed E-state index contributed by atoms with van der Waals surface area (Å²) in [6, 6.07) is 4.82. The summed E-state index contributed by atoms with van der Waals surface area (Å²) in [6.45, 7) is 2.36. The van der Waals surface area contributed by atoms with Crippen molar-refractivity contribution in [3.8, 4) is 0 Å². The number of nitrogens with zero attached hydrogens (tertiary/aromatic N) is 3. The van der Waals surface area contributed by atoms with E-state index in [0.29, 0.717) is 17.9 Å². The second-order valence-corrected chi connectivity index (χ2v) is 5.21. The van der Waals surface area contributed by atoms with Crippen LogP contribution in [0.4, 0.5) is 20.6 Å². The second kappa shape index (κ2) is 5.79. The molecule has 0 bridgehead atoms.